The number of para-hydroxylation sites is 1. The summed E-state index contributed by atoms with van der Waals surface area (Å²) >= 11 is 1.40. The van der Waals surface area contributed by atoms with Crippen molar-refractivity contribution >= 4 is 38.9 Å². The van der Waals surface area contributed by atoms with E-state index in [4.69, 9.17) is 0 Å². The molecular formula is C20H16N6OS. The van der Waals surface area contributed by atoms with E-state index in [1.54, 1.807) is 6.20 Å². The second-order valence-corrected chi connectivity index (χ2v) is 7.42. The van der Waals surface area contributed by atoms with E-state index >= 15 is 0 Å². The van der Waals surface area contributed by atoms with Gasteiger partial charge in [0.2, 0.25) is 0 Å². The maximum Gasteiger partial charge on any atom is 0.261 e. The largest absolute Gasteiger partial charge is 0.306 e. The Hall–Kier alpha value is -3.52. The van der Waals surface area contributed by atoms with Gasteiger partial charge in [-0.05, 0) is 13.0 Å². The molecule has 1 amide bonds. The van der Waals surface area contributed by atoms with Crippen LogP contribution >= 0.6 is 11.3 Å². The van der Waals surface area contributed by atoms with Crippen molar-refractivity contribution in [2.45, 2.75) is 6.92 Å². The number of aromatic nitrogens is 5. The molecule has 4 aromatic heterocycles. The zero-order valence-electron chi connectivity index (χ0n) is 15.2. The predicted octanol–water partition coefficient (Wildman–Crippen LogP) is 3.91. The van der Waals surface area contributed by atoms with Gasteiger partial charge in [0.15, 0.2) is 5.13 Å². The molecule has 0 saturated carbocycles. The fraction of sp³-hybridized carbons (Fsp3) is 0.100. The van der Waals surface area contributed by atoms with Crippen molar-refractivity contribution in [2.24, 2.45) is 7.05 Å². The van der Waals surface area contributed by atoms with Crippen LogP contribution in [0.1, 0.15) is 16.1 Å². The van der Waals surface area contributed by atoms with Gasteiger partial charge in [0.25, 0.3) is 5.91 Å². The van der Waals surface area contributed by atoms with Crippen molar-refractivity contribution in [3.63, 3.8) is 0 Å². The third-order valence-corrected chi connectivity index (χ3v) is 5.52. The number of thiazole rings is 1. The number of hydrogen-bond donors (Lipinski definition) is 1. The number of carbonyl (C=O) groups excluding carboxylic acids is 1. The lowest BCUT2D eigenvalue weighted by atomic mass is 10.0. The Morgan fingerprint density at radius 1 is 1.29 bits per heavy atom. The van der Waals surface area contributed by atoms with E-state index in [-0.39, 0.29) is 5.91 Å². The number of imidazole rings is 1. The molecule has 0 fully saturated rings. The summed E-state index contributed by atoms with van der Waals surface area (Å²) in [5.74, 6) is -0.232. The molecule has 0 unspecified atom stereocenters. The lowest BCUT2D eigenvalue weighted by Crippen LogP contribution is -2.13. The summed E-state index contributed by atoms with van der Waals surface area (Å²) < 4.78 is 3.72. The van der Waals surface area contributed by atoms with Crippen molar-refractivity contribution in [3.8, 4) is 11.1 Å². The number of hydrogen-bond acceptors (Lipinski definition) is 5. The first-order chi connectivity index (χ1) is 13.6. The number of fused-ring (bicyclic) bond motifs is 2. The molecule has 0 saturated heterocycles. The summed E-state index contributed by atoms with van der Waals surface area (Å²) in [6, 6.07) is 7.93. The number of nitrogens with one attached hydrogen (secondary N) is 1. The molecule has 5 rings (SSSR count). The fourth-order valence-corrected chi connectivity index (χ4v) is 4.07. The highest BCUT2D eigenvalue weighted by Gasteiger charge is 2.17. The molecule has 8 heteroatoms. The minimum atomic E-state index is -0.232. The summed E-state index contributed by atoms with van der Waals surface area (Å²) in [4.78, 5) is 21.7. The molecule has 0 radical (unpaired) electrons. The molecule has 0 aliphatic rings. The molecular weight excluding hydrogens is 372 g/mol. The summed E-state index contributed by atoms with van der Waals surface area (Å²) in [7, 11) is 1.92. The van der Waals surface area contributed by atoms with E-state index in [9.17, 15) is 4.79 Å². The Morgan fingerprint density at radius 2 is 2.18 bits per heavy atom. The molecule has 0 bridgehead atoms. The summed E-state index contributed by atoms with van der Waals surface area (Å²) in [6.07, 6.45) is 7.35. The second-order valence-electron chi connectivity index (χ2n) is 6.56. The van der Waals surface area contributed by atoms with Crippen LogP contribution in [0, 0.1) is 6.92 Å². The number of pyridine rings is 1. The van der Waals surface area contributed by atoms with Crippen LogP contribution < -0.4 is 5.32 Å². The molecule has 1 aromatic carbocycles. The second kappa shape index (κ2) is 6.28. The van der Waals surface area contributed by atoms with Crippen LogP contribution in [0.15, 0.2) is 54.4 Å². The van der Waals surface area contributed by atoms with Crippen molar-refractivity contribution in [1.82, 2.24) is 24.1 Å². The van der Waals surface area contributed by atoms with Gasteiger partial charge in [0, 0.05) is 47.5 Å². The topological polar surface area (TPSA) is 77.1 Å². The monoisotopic (exact) mass is 388 g/mol. The molecule has 0 atom stereocenters. The van der Waals surface area contributed by atoms with E-state index < -0.39 is 0 Å². The van der Waals surface area contributed by atoms with Crippen molar-refractivity contribution < 1.29 is 4.79 Å². The molecule has 28 heavy (non-hydrogen) atoms. The van der Waals surface area contributed by atoms with Crippen molar-refractivity contribution in [1.29, 1.82) is 0 Å². The normalized spacial score (nSPS) is 11.4. The Kier molecular flexibility index (Phi) is 3.73. The average molecular weight is 388 g/mol. The summed E-state index contributed by atoms with van der Waals surface area (Å²) in [6.45, 7) is 1.90. The van der Waals surface area contributed by atoms with Crippen LogP contribution in [-0.4, -0.2) is 30.1 Å². The van der Waals surface area contributed by atoms with Gasteiger partial charge in [0.05, 0.1) is 23.0 Å². The fourth-order valence-electron chi connectivity index (χ4n) is 3.39. The van der Waals surface area contributed by atoms with Crippen LogP contribution in [0.4, 0.5) is 5.13 Å². The van der Waals surface area contributed by atoms with E-state index in [0.717, 1.165) is 27.7 Å². The minimum Gasteiger partial charge on any atom is -0.306 e. The van der Waals surface area contributed by atoms with Crippen LogP contribution in [0.5, 0.6) is 0 Å². The zero-order valence-corrected chi connectivity index (χ0v) is 16.1. The zero-order chi connectivity index (χ0) is 19.3. The maximum atomic E-state index is 13.0. The van der Waals surface area contributed by atoms with Gasteiger partial charge in [-0.15, -0.1) is 11.3 Å². The first-order valence-corrected chi connectivity index (χ1v) is 9.59. The first-order valence-electron chi connectivity index (χ1n) is 8.71. The summed E-state index contributed by atoms with van der Waals surface area (Å²) in [5.41, 5.74) is 4.92. The highest BCUT2D eigenvalue weighted by atomic mass is 32.1. The summed E-state index contributed by atoms with van der Waals surface area (Å²) in [5, 5.41) is 10.8. The quantitative estimate of drug-likeness (QED) is 0.508. The van der Waals surface area contributed by atoms with Gasteiger partial charge < -0.3 is 4.40 Å². The number of rotatable bonds is 3. The van der Waals surface area contributed by atoms with E-state index in [2.05, 4.69) is 20.4 Å². The smallest absolute Gasteiger partial charge is 0.261 e. The first kappa shape index (κ1) is 16.6. The highest BCUT2D eigenvalue weighted by Crippen LogP contribution is 2.30. The van der Waals surface area contributed by atoms with Crippen LogP contribution in [-0.2, 0) is 7.05 Å². The molecule has 138 valence electrons. The van der Waals surface area contributed by atoms with Gasteiger partial charge in [0.1, 0.15) is 5.65 Å². The number of nitrogens with zero attached hydrogens (tertiary/aromatic N) is 5. The molecule has 0 aliphatic carbocycles. The standard InChI is InChI=1S/C20H16N6OS/c1-12-11-28-20(23-12)24-19(27)16-8-14(10-26-7-6-21-18(16)26)15-5-3-4-13-9-22-25(2)17(13)15/h3-11H,1-2H3,(H,23,24,27). The van der Waals surface area contributed by atoms with Crippen LogP contribution in [0.25, 0.3) is 27.7 Å². The van der Waals surface area contributed by atoms with Crippen molar-refractivity contribution in [2.75, 3.05) is 5.32 Å². The molecule has 4 heterocycles. The lowest BCUT2D eigenvalue weighted by Gasteiger charge is -2.10. The van der Waals surface area contributed by atoms with Gasteiger partial charge in [-0.2, -0.15) is 5.10 Å². The third-order valence-electron chi connectivity index (χ3n) is 4.64. The average Bonchev–Trinajstić information content (AvgIpc) is 3.41. The van der Waals surface area contributed by atoms with E-state index in [1.807, 2.05) is 71.3 Å². The van der Waals surface area contributed by atoms with Gasteiger partial charge in [-0.3, -0.25) is 14.8 Å². The Morgan fingerprint density at radius 3 is 3.00 bits per heavy atom. The molecule has 1 N–H and O–H groups in total. The maximum absolute atomic E-state index is 13.0. The number of aryl methyl sites for hydroxylation is 2. The van der Waals surface area contributed by atoms with Crippen molar-refractivity contribution in [3.05, 3.63) is 65.7 Å². The Labute approximate surface area is 164 Å². The van der Waals surface area contributed by atoms with E-state index in [0.29, 0.717) is 16.3 Å². The van der Waals surface area contributed by atoms with Gasteiger partial charge in [-0.25, -0.2) is 9.97 Å². The number of amides is 1. The van der Waals surface area contributed by atoms with Crippen LogP contribution in [0.3, 0.4) is 0 Å². The van der Waals surface area contributed by atoms with Gasteiger partial charge in [-0.1, -0.05) is 18.2 Å². The minimum absolute atomic E-state index is 0.232. The number of carbonyl (C=O) groups is 1. The molecule has 5 aromatic rings. The number of benzene rings is 1. The third kappa shape index (κ3) is 2.66. The lowest BCUT2D eigenvalue weighted by molar-refractivity contribution is 0.102. The number of anilines is 1. The van der Waals surface area contributed by atoms with Gasteiger partial charge >= 0.3 is 0 Å². The Bertz CT molecular complexity index is 1350. The molecule has 0 aliphatic heterocycles. The SMILES string of the molecule is Cc1csc(NC(=O)c2cc(-c3cccc4cnn(C)c34)cn3ccnc23)n1. The Balaban J connectivity index is 1.67. The predicted molar refractivity (Wildman–Crippen MR) is 110 cm³/mol. The van der Waals surface area contributed by atoms with Crippen LogP contribution in [0.2, 0.25) is 0 Å². The highest BCUT2D eigenvalue weighted by molar-refractivity contribution is 7.13. The molecule has 7 nitrogen and oxygen atoms in total. The molecule has 0 spiro atoms. The van der Waals surface area contributed by atoms with E-state index in [1.165, 1.54) is 11.3 Å².